The number of phenolic OH excluding ortho intramolecular Hbond substituents is 1. The summed E-state index contributed by atoms with van der Waals surface area (Å²) in [6.45, 7) is 0. The van der Waals surface area contributed by atoms with Gasteiger partial charge in [-0.15, -0.1) is 10.2 Å². The fourth-order valence-corrected chi connectivity index (χ4v) is 4.55. The van der Waals surface area contributed by atoms with Gasteiger partial charge in [-0.2, -0.15) is 0 Å². The second-order valence-corrected chi connectivity index (χ2v) is 7.91. The lowest BCUT2D eigenvalue weighted by Crippen LogP contribution is -2.47. The normalized spacial score (nSPS) is 24.0. The van der Waals surface area contributed by atoms with Gasteiger partial charge in [0.2, 0.25) is 0 Å². The summed E-state index contributed by atoms with van der Waals surface area (Å²) in [6, 6.07) is 8.60. The number of benzene rings is 1. The molecular weight excluding hydrogens is 358 g/mol. The highest BCUT2D eigenvalue weighted by atomic mass is 16.4. The number of rotatable bonds is 3. The SMILES string of the molecule is CN(c1ccc(-c2cc3oc(=O)n(C)c3cc2O)nn1)[C@@H]1C[C@H]2CC[C@@H](C1)N2. The van der Waals surface area contributed by atoms with Crippen molar-refractivity contribution in [3.05, 3.63) is 34.8 Å². The van der Waals surface area contributed by atoms with Gasteiger partial charge in [-0.25, -0.2) is 4.79 Å². The van der Waals surface area contributed by atoms with Crippen LogP contribution in [-0.2, 0) is 7.05 Å². The summed E-state index contributed by atoms with van der Waals surface area (Å²) in [6.07, 6.45) is 4.77. The predicted molar refractivity (Wildman–Crippen MR) is 106 cm³/mol. The van der Waals surface area contributed by atoms with Crippen LogP contribution < -0.4 is 16.0 Å². The Labute approximate surface area is 161 Å². The molecular formula is C20H23N5O3. The highest BCUT2D eigenvalue weighted by Gasteiger charge is 2.35. The Kier molecular flexibility index (Phi) is 3.90. The number of aromatic nitrogens is 3. The fraction of sp³-hybridized carbons (Fsp3) is 0.450. The van der Waals surface area contributed by atoms with Gasteiger partial charge in [0.1, 0.15) is 5.75 Å². The van der Waals surface area contributed by atoms with Crippen molar-refractivity contribution in [1.29, 1.82) is 0 Å². The first-order valence-electron chi connectivity index (χ1n) is 9.65. The molecule has 2 N–H and O–H groups in total. The molecule has 8 nitrogen and oxygen atoms in total. The molecule has 8 heteroatoms. The molecule has 2 saturated heterocycles. The first kappa shape index (κ1) is 17.2. The van der Waals surface area contributed by atoms with Crippen LogP contribution >= 0.6 is 0 Å². The number of hydrogen-bond donors (Lipinski definition) is 2. The molecule has 2 aromatic heterocycles. The molecule has 0 spiro atoms. The third kappa shape index (κ3) is 2.75. The molecule has 2 fully saturated rings. The van der Waals surface area contributed by atoms with E-state index in [1.54, 1.807) is 13.1 Å². The van der Waals surface area contributed by atoms with E-state index in [4.69, 9.17) is 4.42 Å². The molecule has 2 bridgehead atoms. The predicted octanol–water partition coefficient (Wildman–Crippen LogP) is 2.01. The molecule has 2 aliphatic rings. The van der Waals surface area contributed by atoms with E-state index in [0.29, 0.717) is 40.5 Å². The van der Waals surface area contributed by atoms with Gasteiger partial charge >= 0.3 is 5.76 Å². The molecule has 2 aliphatic heterocycles. The van der Waals surface area contributed by atoms with Crippen molar-refractivity contribution in [2.45, 2.75) is 43.8 Å². The van der Waals surface area contributed by atoms with Gasteiger partial charge in [0.15, 0.2) is 11.4 Å². The van der Waals surface area contributed by atoms with Gasteiger partial charge < -0.3 is 19.7 Å². The number of oxazole rings is 1. The van der Waals surface area contributed by atoms with E-state index in [0.717, 1.165) is 18.7 Å². The van der Waals surface area contributed by atoms with Crippen molar-refractivity contribution >= 4 is 16.9 Å². The largest absolute Gasteiger partial charge is 0.507 e. The van der Waals surface area contributed by atoms with Gasteiger partial charge in [0.05, 0.1) is 11.2 Å². The standard InChI is InChI=1S/C20H23N5O3/c1-24(13-7-11-3-4-12(8-13)21-11)19-6-5-15(22-23-19)14-9-18-16(10-17(14)26)25(2)20(27)28-18/h5-6,9-13,21,26H,3-4,7-8H2,1-2H3/t11-,12+,13-. The van der Waals surface area contributed by atoms with Gasteiger partial charge in [0, 0.05) is 43.9 Å². The van der Waals surface area contributed by atoms with Crippen molar-refractivity contribution < 1.29 is 9.52 Å². The maximum atomic E-state index is 11.7. The molecule has 0 aliphatic carbocycles. The highest BCUT2D eigenvalue weighted by molar-refractivity contribution is 5.83. The lowest BCUT2D eigenvalue weighted by Gasteiger charge is -2.36. The van der Waals surface area contributed by atoms with E-state index < -0.39 is 5.76 Å². The number of nitrogens with one attached hydrogen (secondary N) is 1. The number of piperidine rings is 1. The third-order valence-electron chi connectivity index (χ3n) is 6.19. The second-order valence-electron chi connectivity index (χ2n) is 7.91. The van der Waals surface area contributed by atoms with Crippen LogP contribution in [0.5, 0.6) is 5.75 Å². The number of hydrogen-bond acceptors (Lipinski definition) is 7. The Morgan fingerprint density at radius 3 is 2.64 bits per heavy atom. The number of aryl methyl sites for hydroxylation is 1. The lowest BCUT2D eigenvalue weighted by molar-refractivity contribution is 0.353. The molecule has 146 valence electrons. The zero-order valence-electron chi connectivity index (χ0n) is 15.9. The van der Waals surface area contributed by atoms with Gasteiger partial charge in [-0.05, 0) is 43.9 Å². The number of phenols is 1. The number of anilines is 1. The Balaban J connectivity index is 1.42. The quantitative estimate of drug-likeness (QED) is 0.716. The minimum absolute atomic E-state index is 0.0363. The third-order valence-corrected chi connectivity index (χ3v) is 6.19. The summed E-state index contributed by atoms with van der Waals surface area (Å²) < 4.78 is 6.57. The van der Waals surface area contributed by atoms with E-state index in [2.05, 4.69) is 27.5 Å². The van der Waals surface area contributed by atoms with Gasteiger partial charge in [0.25, 0.3) is 0 Å². The molecule has 3 atom stereocenters. The van der Waals surface area contributed by atoms with E-state index in [9.17, 15) is 9.90 Å². The molecule has 4 heterocycles. The molecule has 28 heavy (non-hydrogen) atoms. The number of aromatic hydroxyl groups is 1. The average molecular weight is 381 g/mol. The van der Waals surface area contributed by atoms with Gasteiger partial charge in [-0.1, -0.05) is 0 Å². The molecule has 1 aromatic carbocycles. The van der Waals surface area contributed by atoms with Crippen LogP contribution in [0, 0.1) is 0 Å². The zero-order valence-corrected chi connectivity index (χ0v) is 15.9. The first-order chi connectivity index (χ1) is 13.5. The topological polar surface area (TPSA) is 96.4 Å². The Morgan fingerprint density at radius 2 is 1.96 bits per heavy atom. The monoisotopic (exact) mass is 381 g/mol. The van der Waals surface area contributed by atoms with Crippen LogP contribution in [0.4, 0.5) is 5.82 Å². The van der Waals surface area contributed by atoms with Crippen LogP contribution in [-0.4, -0.2) is 45.0 Å². The van der Waals surface area contributed by atoms with Crippen LogP contribution in [0.15, 0.2) is 33.5 Å². The van der Waals surface area contributed by atoms with Crippen LogP contribution in [0.3, 0.4) is 0 Å². The van der Waals surface area contributed by atoms with Crippen molar-refractivity contribution in [3.63, 3.8) is 0 Å². The fourth-order valence-electron chi connectivity index (χ4n) is 4.55. The Hall–Kier alpha value is -2.87. The van der Waals surface area contributed by atoms with Crippen LogP contribution in [0.1, 0.15) is 25.7 Å². The average Bonchev–Trinajstić information content (AvgIpc) is 3.18. The molecule has 0 amide bonds. The maximum Gasteiger partial charge on any atom is 0.419 e. The summed E-state index contributed by atoms with van der Waals surface area (Å²) in [5.74, 6) is 0.390. The summed E-state index contributed by atoms with van der Waals surface area (Å²) >= 11 is 0. The maximum absolute atomic E-state index is 11.7. The summed E-state index contributed by atoms with van der Waals surface area (Å²) in [4.78, 5) is 13.9. The number of fused-ring (bicyclic) bond motifs is 3. The van der Waals surface area contributed by atoms with Crippen molar-refractivity contribution in [1.82, 2.24) is 20.1 Å². The minimum Gasteiger partial charge on any atom is -0.507 e. The summed E-state index contributed by atoms with van der Waals surface area (Å²) in [5, 5.41) is 22.8. The molecule has 0 saturated carbocycles. The van der Waals surface area contributed by atoms with Crippen LogP contribution in [0.2, 0.25) is 0 Å². The smallest absolute Gasteiger partial charge is 0.419 e. The molecule has 3 aromatic rings. The minimum atomic E-state index is -0.467. The summed E-state index contributed by atoms with van der Waals surface area (Å²) in [7, 11) is 3.67. The van der Waals surface area contributed by atoms with Crippen LogP contribution in [0.25, 0.3) is 22.4 Å². The van der Waals surface area contributed by atoms with E-state index >= 15 is 0 Å². The van der Waals surface area contributed by atoms with Crippen molar-refractivity contribution in [2.24, 2.45) is 7.05 Å². The summed E-state index contributed by atoms with van der Waals surface area (Å²) in [5.41, 5.74) is 1.97. The Bertz CT molecular complexity index is 1080. The van der Waals surface area contributed by atoms with E-state index in [-0.39, 0.29) is 5.75 Å². The van der Waals surface area contributed by atoms with Crippen molar-refractivity contribution in [3.8, 4) is 17.0 Å². The number of nitrogens with zero attached hydrogens (tertiary/aromatic N) is 4. The van der Waals surface area contributed by atoms with E-state index in [1.807, 2.05) is 12.1 Å². The first-order valence-corrected chi connectivity index (χ1v) is 9.65. The lowest BCUT2D eigenvalue weighted by atomic mass is 9.98. The van der Waals surface area contributed by atoms with E-state index in [1.165, 1.54) is 23.5 Å². The zero-order chi connectivity index (χ0) is 19.4. The highest BCUT2D eigenvalue weighted by Crippen LogP contribution is 2.33. The van der Waals surface area contributed by atoms with Gasteiger partial charge in [-0.3, -0.25) is 4.57 Å². The second kappa shape index (κ2) is 6.34. The molecule has 5 rings (SSSR count). The molecule has 0 unspecified atom stereocenters. The molecule has 0 radical (unpaired) electrons. The van der Waals surface area contributed by atoms with Crippen molar-refractivity contribution in [2.75, 3.05) is 11.9 Å². The Morgan fingerprint density at radius 1 is 1.21 bits per heavy atom.